The molecule has 5 rings (SSSR count). The zero-order valence-electron chi connectivity index (χ0n) is 19.4. The van der Waals surface area contributed by atoms with Crippen LogP contribution in [0.1, 0.15) is 24.0 Å². The summed E-state index contributed by atoms with van der Waals surface area (Å²) >= 11 is 0. The summed E-state index contributed by atoms with van der Waals surface area (Å²) in [6.45, 7) is 3.55. The van der Waals surface area contributed by atoms with Crippen LogP contribution < -0.4 is 10.2 Å². The Labute approximate surface area is 203 Å². The van der Waals surface area contributed by atoms with Gasteiger partial charge in [0.25, 0.3) is 5.89 Å². The Morgan fingerprint density at radius 3 is 2.74 bits per heavy atom. The van der Waals surface area contributed by atoms with Crippen molar-refractivity contribution in [3.8, 4) is 22.8 Å². The highest BCUT2D eigenvalue weighted by molar-refractivity contribution is 5.79. The molecule has 3 heterocycles. The Balaban J connectivity index is 1.25. The van der Waals surface area contributed by atoms with Gasteiger partial charge in [0.1, 0.15) is 11.6 Å². The van der Waals surface area contributed by atoms with Gasteiger partial charge in [-0.05, 0) is 44.0 Å². The molecule has 4 aromatic rings. The van der Waals surface area contributed by atoms with Crippen molar-refractivity contribution in [2.24, 2.45) is 5.92 Å². The molecule has 2 aromatic heterocycles. The molecule has 0 radical (unpaired) electrons. The topological polar surface area (TPSA) is 84.2 Å². The van der Waals surface area contributed by atoms with E-state index in [1.54, 1.807) is 24.4 Å². The summed E-state index contributed by atoms with van der Waals surface area (Å²) in [4.78, 5) is 24.0. The molecule has 1 aliphatic rings. The monoisotopic (exact) mass is 471 g/mol. The maximum atomic E-state index is 13.8. The number of carbonyl (C=O) groups is 1. The number of hydrogen-bond acceptors (Lipinski definition) is 6. The van der Waals surface area contributed by atoms with E-state index in [2.05, 4.69) is 25.3 Å². The molecule has 35 heavy (non-hydrogen) atoms. The third-order valence-corrected chi connectivity index (χ3v) is 6.30. The Bertz CT molecular complexity index is 1330. The number of aromatic nitrogens is 3. The molecular formula is C27H26FN5O2. The van der Waals surface area contributed by atoms with Gasteiger partial charge >= 0.3 is 0 Å². The standard InChI is InChI=1S/C27H26FN5O2/c1-18-6-4-8-20(16-18)24-31-27(35-32-24)22-9-5-13-29-25(22)33-14-11-19(12-15-33)26(34)30-17-21-7-2-3-10-23(21)28/h2-10,13,16,19H,11-12,14-15,17H2,1H3,(H,30,34). The number of anilines is 1. The molecule has 0 atom stereocenters. The third-order valence-electron chi connectivity index (χ3n) is 6.30. The lowest BCUT2D eigenvalue weighted by Gasteiger charge is -2.32. The number of nitrogens with one attached hydrogen (secondary N) is 1. The van der Waals surface area contributed by atoms with E-state index in [-0.39, 0.29) is 24.2 Å². The van der Waals surface area contributed by atoms with Crippen molar-refractivity contribution < 1.29 is 13.7 Å². The van der Waals surface area contributed by atoms with Crippen molar-refractivity contribution >= 4 is 11.7 Å². The molecule has 1 N–H and O–H groups in total. The summed E-state index contributed by atoms with van der Waals surface area (Å²) in [7, 11) is 0. The quantitative estimate of drug-likeness (QED) is 0.436. The number of nitrogens with zero attached hydrogens (tertiary/aromatic N) is 4. The maximum Gasteiger partial charge on any atom is 0.261 e. The zero-order valence-corrected chi connectivity index (χ0v) is 19.4. The minimum absolute atomic E-state index is 0.0474. The van der Waals surface area contributed by atoms with Crippen LogP contribution in [0.25, 0.3) is 22.8 Å². The molecule has 0 saturated carbocycles. The van der Waals surface area contributed by atoms with Crippen LogP contribution >= 0.6 is 0 Å². The van der Waals surface area contributed by atoms with Crippen LogP contribution in [0.3, 0.4) is 0 Å². The first kappa shape index (κ1) is 22.7. The first-order valence-electron chi connectivity index (χ1n) is 11.7. The molecule has 1 fully saturated rings. The molecule has 1 aliphatic heterocycles. The Hall–Kier alpha value is -4.07. The normalized spacial score (nSPS) is 14.2. The SMILES string of the molecule is Cc1cccc(-c2noc(-c3cccnc3N3CCC(C(=O)NCc4ccccc4F)CC3)n2)c1. The number of pyridine rings is 1. The lowest BCUT2D eigenvalue weighted by atomic mass is 9.95. The van der Waals surface area contributed by atoms with Gasteiger partial charge in [0, 0.05) is 42.9 Å². The highest BCUT2D eigenvalue weighted by Crippen LogP contribution is 2.32. The van der Waals surface area contributed by atoms with Gasteiger partial charge in [-0.15, -0.1) is 0 Å². The van der Waals surface area contributed by atoms with Crippen LogP contribution in [-0.4, -0.2) is 34.1 Å². The summed E-state index contributed by atoms with van der Waals surface area (Å²) in [5, 5.41) is 7.04. The molecule has 0 unspecified atom stereocenters. The van der Waals surface area contributed by atoms with E-state index in [4.69, 9.17) is 4.52 Å². The van der Waals surface area contributed by atoms with E-state index >= 15 is 0 Å². The molecule has 0 spiro atoms. The van der Waals surface area contributed by atoms with Crippen LogP contribution in [0.2, 0.25) is 0 Å². The van der Waals surface area contributed by atoms with Crippen LogP contribution in [-0.2, 0) is 11.3 Å². The zero-order chi connectivity index (χ0) is 24.2. The second-order valence-electron chi connectivity index (χ2n) is 8.74. The Kier molecular flexibility index (Phi) is 6.52. The van der Waals surface area contributed by atoms with Crippen LogP contribution in [0.5, 0.6) is 0 Å². The fraction of sp³-hybridized carbons (Fsp3) is 0.259. The van der Waals surface area contributed by atoms with E-state index in [9.17, 15) is 9.18 Å². The number of benzene rings is 2. The predicted octanol–water partition coefficient (Wildman–Crippen LogP) is 4.78. The minimum atomic E-state index is -0.308. The number of piperidine rings is 1. The van der Waals surface area contributed by atoms with Gasteiger partial charge in [-0.25, -0.2) is 9.37 Å². The van der Waals surface area contributed by atoms with Crippen molar-refractivity contribution in [1.29, 1.82) is 0 Å². The number of aryl methyl sites for hydroxylation is 1. The molecule has 178 valence electrons. The molecular weight excluding hydrogens is 445 g/mol. The minimum Gasteiger partial charge on any atom is -0.356 e. The van der Waals surface area contributed by atoms with Gasteiger partial charge < -0.3 is 14.7 Å². The summed E-state index contributed by atoms with van der Waals surface area (Å²) in [5.74, 6) is 1.22. The van der Waals surface area contributed by atoms with Gasteiger partial charge in [0.15, 0.2) is 0 Å². The summed E-state index contributed by atoms with van der Waals surface area (Å²) in [6.07, 6.45) is 3.10. The smallest absolute Gasteiger partial charge is 0.261 e. The highest BCUT2D eigenvalue weighted by Gasteiger charge is 2.28. The molecule has 7 nitrogen and oxygen atoms in total. The average molecular weight is 472 g/mol. The first-order valence-corrected chi connectivity index (χ1v) is 11.7. The summed E-state index contributed by atoms with van der Waals surface area (Å²) < 4.78 is 19.4. The largest absolute Gasteiger partial charge is 0.356 e. The van der Waals surface area contributed by atoms with E-state index in [1.807, 2.05) is 43.3 Å². The second kappa shape index (κ2) is 10.0. The van der Waals surface area contributed by atoms with Gasteiger partial charge in [-0.1, -0.05) is 47.1 Å². The second-order valence-corrected chi connectivity index (χ2v) is 8.74. The summed E-state index contributed by atoms with van der Waals surface area (Å²) in [6, 6.07) is 18.2. The Morgan fingerprint density at radius 1 is 1.11 bits per heavy atom. The van der Waals surface area contributed by atoms with Crippen molar-refractivity contribution in [1.82, 2.24) is 20.4 Å². The lowest BCUT2D eigenvalue weighted by Crippen LogP contribution is -2.41. The maximum absolute atomic E-state index is 13.8. The fourth-order valence-electron chi connectivity index (χ4n) is 4.37. The van der Waals surface area contributed by atoms with E-state index in [1.165, 1.54) is 6.07 Å². The fourth-order valence-corrected chi connectivity index (χ4v) is 4.37. The number of rotatable bonds is 6. The number of halogens is 1. The molecule has 1 saturated heterocycles. The van der Waals surface area contributed by atoms with Gasteiger partial charge in [-0.3, -0.25) is 4.79 Å². The summed E-state index contributed by atoms with van der Waals surface area (Å²) in [5.41, 5.74) is 3.27. The molecule has 2 aromatic carbocycles. The van der Waals surface area contributed by atoms with Crippen LogP contribution in [0.15, 0.2) is 71.4 Å². The van der Waals surface area contributed by atoms with Gasteiger partial charge in [0.2, 0.25) is 11.7 Å². The predicted molar refractivity (Wildman–Crippen MR) is 131 cm³/mol. The van der Waals surface area contributed by atoms with E-state index in [0.29, 0.717) is 43.2 Å². The first-order chi connectivity index (χ1) is 17.1. The number of carbonyl (C=O) groups excluding carboxylic acids is 1. The van der Waals surface area contributed by atoms with Gasteiger partial charge in [0.05, 0.1) is 5.56 Å². The number of hydrogen-bond donors (Lipinski definition) is 1. The number of amides is 1. The van der Waals surface area contributed by atoms with Crippen molar-refractivity contribution in [2.75, 3.05) is 18.0 Å². The average Bonchev–Trinajstić information content (AvgIpc) is 3.39. The van der Waals surface area contributed by atoms with Gasteiger partial charge in [-0.2, -0.15) is 4.98 Å². The highest BCUT2D eigenvalue weighted by atomic mass is 19.1. The molecule has 1 amide bonds. The van der Waals surface area contributed by atoms with Crippen molar-refractivity contribution in [3.63, 3.8) is 0 Å². The Morgan fingerprint density at radius 2 is 1.94 bits per heavy atom. The third kappa shape index (κ3) is 5.06. The molecule has 0 aliphatic carbocycles. The lowest BCUT2D eigenvalue weighted by molar-refractivity contribution is -0.125. The van der Waals surface area contributed by atoms with Crippen LogP contribution in [0, 0.1) is 18.7 Å². The van der Waals surface area contributed by atoms with Crippen molar-refractivity contribution in [2.45, 2.75) is 26.3 Å². The molecule has 0 bridgehead atoms. The van der Waals surface area contributed by atoms with E-state index in [0.717, 1.165) is 22.5 Å². The van der Waals surface area contributed by atoms with E-state index < -0.39 is 0 Å². The molecule has 8 heteroatoms. The van der Waals surface area contributed by atoms with Crippen molar-refractivity contribution in [3.05, 3.63) is 83.8 Å². The van der Waals surface area contributed by atoms with Crippen LogP contribution in [0.4, 0.5) is 10.2 Å².